The number of amides is 1. The molecule has 1 aromatic rings. The number of thioether (sulfide) groups is 1. The number of nitrogens with one attached hydrogen (secondary N) is 1. The Labute approximate surface area is 108 Å². The molecule has 1 heterocycles. The van der Waals surface area contributed by atoms with Crippen LogP contribution in [0.1, 0.15) is 5.56 Å². The van der Waals surface area contributed by atoms with Crippen LogP contribution in [-0.2, 0) is 11.2 Å². The number of nitro benzene ring substituents is 1. The Morgan fingerprint density at radius 1 is 1.44 bits per heavy atom. The van der Waals surface area contributed by atoms with Crippen molar-refractivity contribution < 1.29 is 9.72 Å². The number of hydrogen-bond acceptors (Lipinski definition) is 5. The molecule has 6 nitrogen and oxygen atoms in total. The van der Waals surface area contributed by atoms with Crippen molar-refractivity contribution in [3.8, 4) is 0 Å². The summed E-state index contributed by atoms with van der Waals surface area (Å²) in [5.41, 5.74) is 0.761. The van der Waals surface area contributed by atoms with E-state index >= 15 is 0 Å². The largest absolute Gasteiger partial charge is 0.305 e. The van der Waals surface area contributed by atoms with Gasteiger partial charge in [0, 0.05) is 17.9 Å². The van der Waals surface area contributed by atoms with E-state index in [0.717, 1.165) is 17.9 Å². The van der Waals surface area contributed by atoms with E-state index in [1.807, 2.05) is 0 Å². The fourth-order valence-corrected chi connectivity index (χ4v) is 2.24. The lowest BCUT2D eigenvalue weighted by Crippen LogP contribution is -2.28. The number of non-ortho nitro benzene ring substituents is 1. The number of carbonyl (C=O) groups excluding carboxylic acids is 1. The molecule has 0 aromatic heterocycles. The Hall–Kier alpha value is -1.89. The topological polar surface area (TPSA) is 84.6 Å². The third-order valence-corrected chi connectivity index (χ3v) is 3.23. The molecule has 0 unspecified atom stereocenters. The fourth-order valence-electron chi connectivity index (χ4n) is 1.50. The third kappa shape index (κ3) is 3.30. The van der Waals surface area contributed by atoms with E-state index in [0.29, 0.717) is 5.17 Å². The summed E-state index contributed by atoms with van der Waals surface area (Å²) >= 11 is 1.52. The molecule has 1 aromatic carbocycles. The summed E-state index contributed by atoms with van der Waals surface area (Å²) in [6.45, 7) is 0.734. The molecule has 0 saturated heterocycles. The summed E-state index contributed by atoms with van der Waals surface area (Å²) in [6, 6.07) is 5.96. The van der Waals surface area contributed by atoms with Gasteiger partial charge in [-0.3, -0.25) is 19.9 Å². The van der Waals surface area contributed by atoms with E-state index in [1.54, 1.807) is 12.1 Å². The van der Waals surface area contributed by atoms with Crippen LogP contribution in [0.3, 0.4) is 0 Å². The minimum atomic E-state index is -0.465. The van der Waals surface area contributed by atoms with Crippen molar-refractivity contribution in [3.05, 3.63) is 39.9 Å². The zero-order chi connectivity index (χ0) is 13.0. The Morgan fingerprint density at radius 2 is 2.17 bits per heavy atom. The van der Waals surface area contributed by atoms with Crippen molar-refractivity contribution in [2.24, 2.45) is 4.99 Å². The van der Waals surface area contributed by atoms with Crippen LogP contribution in [0.4, 0.5) is 5.69 Å². The quantitative estimate of drug-likeness (QED) is 0.660. The van der Waals surface area contributed by atoms with Gasteiger partial charge in [-0.2, -0.15) is 0 Å². The number of nitro groups is 1. The summed E-state index contributed by atoms with van der Waals surface area (Å²) in [4.78, 5) is 25.8. The average Bonchev–Trinajstić information content (AvgIpc) is 2.82. The molecule has 0 aliphatic carbocycles. The molecule has 0 fully saturated rings. The van der Waals surface area contributed by atoms with Crippen LogP contribution in [0, 0.1) is 10.1 Å². The highest BCUT2D eigenvalue weighted by molar-refractivity contribution is 8.14. The Bertz CT molecular complexity index is 499. The van der Waals surface area contributed by atoms with Gasteiger partial charge in [0.25, 0.3) is 5.69 Å². The Balaban J connectivity index is 1.92. The van der Waals surface area contributed by atoms with Gasteiger partial charge in [0.05, 0.1) is 17.9 Å². The van der Waals surface area contributed by atoms with Crippen molar-refractivity contribution in [3.63, 3.8) is 0 Å². The molecule has 0 radical (unpaired) electrons. The van der Waals surface area contributed by atoms with Crippen LogP contribution in [0.15, 0.2) is 29.3 Å². The SMILES string of the molecule is O=C(Cc1ccc([N+](=O)[O-])cc1)NC1=NCCS1. The lowest BCUT2D eigenvalue weighted by atomic mass is 10.1. The van der Waals surface area contributed by atoms with Gasteiger partial charge in [0.1, 0.15) is 0 Å². The highest BCUT2D eigenvalue weighted by atomic mass is 32.2. The van der Waals surface area contributed by atoms with E-state index in [2.05, 4.69) is 10.3 Å². The van der Waals surface area contributed by atoms with Gasteiger partial charge in [0.2, 0.25) is 5.91 Å². The molecule has 0 spiro atoms. The first kappa shape index (κ1) is 12.6. The molecular weight excluding hydrogens is 254 g/mol. The molecule has 7 heteroatoms. The fraction of sp³-hybridized carbons (Fsp3) is 0.273. The van der Waals surface area contributed by atoms with Crippen LogP contribution in [0.5, 0.6) is 0 Å². The maximum absolute atomic E-state index is 11.6. The standard InChI is InChI=1S/C11H11N3O3S/c15-10(13-11-12-5-6-18-11)7-8-1-3-9(4-2-8)14(16)17/h1-4H,5-7H2,(H,12,13,15). The van der Waals surface area contributed by atoms with Gasteiger partial charge < -0.3 is 5.32 Å². The monoisotopic (exact) mass is 265 g/mol. The van der Waals surface area contributed by atoms with Gasteiger partial charge in [-0.1, -0.05) is 23.9 Å². The van der Waals surface area contributed by atoms with E-state index in [9.17, 15) is 14.9 Å². The number of hydrogen-bond donors (Lipinski definition) is 1. The minimum Gasteiger partial charge on any atom is -0.305 e. The lowest BCUT2D eigenvalue weighted by molar-refractivity contribution is -0.384. The molecule has 0 atom stereocenters. The maximum Gasteiger partial charge on any atom is 0.269 e. The normalized spacial score (nSPS) is 14.1. The van der Waals surface area contributed by atoms with E-state index < -0.39 is 4.92 Å². The molecule has 94 valence electrons. The molecule has 1 amide bonds. The van der Waals surface area contributed by atoms with Crippen molar-refractivity contribution in [1.29, 1.82) is 0 Å². The van der Waals surface area contributed by atoms with Gasteiger partial charge in [-0.25, -0.2) is 0 Å². The zero-order valence-electron chi connectivity index (χ0n) is 9.46. The van der Waals surface area contributed by atoms with Gasteiger partial charge in [-0.15, -0.1) is 0 Å². The van der Waals surface area contributed by atoms with Crippen molar-refractivity contribution in [2.75, 3.05) is 12.3 Å². The summed E-state index contributed by atoms with van der Waals surface area (Å²) in [5.74, 6) is 0.740. The van der Waals surface area contributed by atoms with Crippen LogP contribution in [-0.4, -0.2) is 28.3 Å². The number of rotatable bonds is 3. The first-order chi connectivity index (χ1) is 8.65. The second-order valence-electron chi connectivity index (χ2n) is 3.68. The molecule has 0 bridgehead atoms. The summed E-state index contributed by atoms with van der Waals surface area (Å²) < 4.78 is 0. The van der Waals surface area contributed by atoms with E-state index in [-0.39, 0.29) is 18.0 Å². The predicted molar refractivity (Wildman–Crippen MR) is 69.7 cm³/mol. The molecular formula is C11H11N3O3S. The Kier molecular flexibility index (Phi) is 3.93. The van der Waals surface area contributed by atoms with Crippen molar-refractivity contribution in [2.45, 2.75) is 6.42 Å². The number of nitrogens with zero attached hydrogens (tertiary/aromatic N) is 2. The lowest BCUT2D eigenvalue weighted by Gasteiger charge is -2.03. The minimum absolute atomic E-state index is 0.0230. The molecule has 18 heavy (non-hydrogen) atoms. The van der Waals surface area contributed by atoms with Crippen molar-refractivity contribution in [1.82, 2.24) is 5.32 Å². The summed E-state index contributed by atoms with van der Waals surface area (Å²) in [6.07, 6.45) is 0.192. The smallest absolute Gasteiger partial charge is 0.269 e. The number of aliphatic imine (C=N–C) groups is 1. The van der Waals surface area contributed by atoms with E-state index in [1.165, 1.54) is 23.9 Å². The molecule has 1 aliphatic heterocycles. The van der Waals surface area contributed by atoms with Gasteiger partial charge in [-0.05, 0) is 5.56 Å². The van der Waals surface area contributed by atoms with Crippen LogP contribution < -0.4 is 5.32 Å². The second-order valence-corrected chi connectivity index (χ2v) is 4.77. The predicted octanol–water partition coefficient (Wildman–Crippen LogP) is 1.36. The number of amidine groups is 1. The van der Waals surface area contributed by atoms with Crippen LogP contribution in [0.25, 0.3) is 0 Å². The second kappa shape index (κ2) is 5.63. The molecule has 1 aliphatic rings. The van der Waals surface area contributed by atoms with E-state index in [4.69, 9.17) is 0 Å². The Morgan fingerprint density at radius 3 is 2.72 bits per heavy atom. The molecule has 0 saturated carbocycles. The van der Waals surface area contributed by atoms with Gasteiger partial charge in [0.15, 0.2) is 5.17 Å². The van der Waals surface area contributed by atoms with Crippen molar-refractivity contribution >= 4 is 28.5 Å². The molecule has 1 N–H and O–H groups in total. The first-order valence-electron chi connectivity index (χ1n) is 5.35. The van der Waals surface area contributed by atoms with Crippen LogP contribution >= 0.6 is 11.8 Å². The van der Waals surface area contributed by atoms with Crippen LogP contribution in [0.2, 0.25) is 0 Å². The highest BCUT2D eigenvalue weighted by Crippen LogP contribution is 2.13. The average molecular weight is 265 g/mol. The highest BCUT2D eigenvalue weighted by Gasteiger charge is 2.12. The zero-order valence-corrected chi connectivity index (χ0v) is 10.3. The summed E-state index contributed by atoms with van der Waals surface area (Å²) in [7, 11) is 0. The van der Waals surface area contributed by atoms with Gasteiger partial charge >= 0.3 is 0 Å². The maximum atomic E-state index is 11.6. The number of carbonyl (C=O) groups is 1. The summed E-state index contributed by atoms with van der Waals surface area (Å²) in [5, 5.41) is 13.8. The third-order valence-electron chi connectivity index (χ3n) is 2.34. The number of benzene rings is 1. The molecule has 2 rings (SSSR count). The first-order valence-corrected chi connectivity index (χ1v) is 6.34.